The summed E-state index contributed by atoms with van der Waals surface area (Å²) in [4.78, 5) is 24.7. The van der Waals surface area contributed by atoms with E-state index in [-0.39, 0.29) is 24.5 Å². The molecular formula is C13H12F3N3O3. The van der Waals surface area contributed by atoms with Crippen LogP contribution in [0.5, 0.6) is 5.75 Å². The lowest BCUT2D eigenvalue weighted by Gasteiger charge is -2.08. The predicted octanol–water partition coefficient (Wildman–Crippen LogP) is 1.54. The van der Waals surface area contributed by atoms with Crippen LogP contribution in [0.15, 0.2) is 24.3 Å². The quantitative estimate of drug-likeness (QED) is 0.558. The van der Waals surface area contributed by atoms with Gasteiger partial charge in [0.15, 0.2) is 0 Å². The van der Waals surface area contributed by atoms with Gasteiger partial charge in [-0.1, -0.05) is 0 Å². The maximum Gasteiger partial charge on any atom is 0.573 e. The summed E-state index contributed by atoms with van der Waals surface area (Å²) in [6.07, 6.45) is -4.26. The third-order valence-electron chi connectivity index (χ3n) is 2.71. The lowest BCUT2D eigenvalue weighted by Crippen LogP contribution is -2.31. The first-order valence-corrected chi connectivity index (χ1v) is 6.23. The Morgan fingerprint density at radius 2 is 2.05 bits per heavy atom. The van der Waals surface area contributed by atoms with Gasteiger partial charge in [0, 0.05) is 24.0 Å². The molecule has 1 heterocycles. The number of aromatic nitrogens is 1. The number of aromatic amines is 1. The van der Waals surface area contributed by atoms with Crippen LogP contribution in [0.25, 0.3) is 10.9 Å². The molecule has 0 saturated heterocycles. The van der Waals surface area contributed by atoms with E-state index in [2.05, 4.69) is 20.4 Å². The van der Waals surface area contributed by atoms with Gasteiger partial charge < -0.3 is 20.4 Å². The Bertz CT molecular complexity index is 682. The molecule has 9 heteroatoms. The zero-order chi connectivity index (χ0) is 16.2. The second kappa shape index (κ2) is 6.37. The summed E-state index contributed by atoms with van der Waals surface area (Å²) in [6, 6.07) is 5.15. The Hall–Kier alpha value is -2.71. The van der Waals surface area contributed by atoms with Gasteiger partial charge in [-0.15, -0.1) is 13.2 Å². The minimum absolute atomic E-state index is 0.199. The smallest absolute Gasteiger partial charge is 0.406 e. The fraction of sp³-hybridized carbons (Fsp3) is 0.231. The molecule has 0 atom stereocenters. The fourth-order valence-electron chi connectivity index (χ4n) is 1.83. The van der Waals surface area contributed by atoms with Crippen LogP contribution < -0.4 is 15.4 Å². The van der Waals surface area contributed by atoms with Gasteiger partial charge in [-0.25, -0.2) is 0 Å². The van der Waals surface area contributed by atoms with Gasteiger partial charge >= 0.3 is 6.36 Å². The number of rotatable bonds is 6. The van der Waals surface area contributed by atoms with E-state index in [1.165, 1.54) is 18.2 Å². The molecule has 2 amide bonds. The number of halogens is 3. The maximum atomic E-state index is 12.2. The maximum absolute atomic E-state index is 12.2. The lowest BCUT2D eigenvalue weighted by molar-refractivity contribution is -0.274. The van der Waals surface area contributed by atoms with E-state index in [1.807, 2.05) is 0 Å². The molecule has 0 radical (unpaired) electrons. The first-order valence-electron chi connectivity index (χ1n) is 6.23. The first-order chi connectivity index (χ1) is 10.4. The Morgan fingerprint density at radius 3 is 2.73 bits per heavy atom. The van der Waals surface area contributed by atoms with Crippen LogP contribution in [-0.2, 0) is 4.79 Å². The molecule has 0 spiro atoms. The molecule has 1 aromatic carbocycles. The molecular weight excluding hydrogens is 303 g/mol. The topological polar surface area (TPSA) is 83.2 Å². The minimum atomic E-state index is -4.77. The Labute approximate surface area is 122 Å². The third-order valence-corrected chi connectivity index (χ3v) is 2.71. The number of carbonyl (C=O) groups is 2. The summed E-state index contributed by atoms with van der Waals surface area (Å²) in [5.74, 6) is -0.789. The minimum Gasteiger partial charge on any atom is -0.406 e. The number of nitrogens with one attached hydrogen (secondary N) is 3. The van der Waals surface area contributed by atoms with E-state index < -0.39 is 12.3 Å². The van der Waals surface area contributed by atoms with Crippen molar-refractivity contribution in [1.29, 1.82) is 0 Å². The molecule has 1 aromatic heterocycles. The van der Waals surface area contributed by atoms with Gasteiger partial charge in [-0.2, -0.15) is 0 Å². The van der Waals surface area contributed by atoms with E-state index in [0.29, 0.717) is 17.3 Å². The van der Waals surface area contributed by atoms with Crippen LogP contribution in [0, 0.1) is 0 Å². The standard InChI is InChI=1S/C13H12F3N3O3/c14-13(15,16)22-9-1-2-10-8(5-9)6-11(19-10)12(21)18-4-3-17-7-20/h1-2,5-7,19H,3-4H2,(H,17,20)(H,18,21). The molecule has 0 aliphatic heterocycles. The van der Waals surface area contributed by atoms with Crippen LogP contribution in [0.3, 0.4) is 0 Å². The van der Waals surface area contributed by atoms with Crippen molar-refractivity contribution in [2.45, 2.75) is 6.36 Å². The predicted molar refractivity (Wildman–Crippen MR) is 71.4 cm³/mol. The van der Waals surface area contributed by atoms with Gasteiger partial charge in [0.1, 0.15) is 11.4 Å². The molecule has 3 N–H and O–H groups in total. The number of H-pyrrole nitrogens is 1. The summed E-state index contributed by atoms with van der Waals surface area (Å²) < 4.78 is 40.3. The molecule has 0 aliphatic carbocycles. The highest BCUT2D eigenvalue weighted by atomic mass is 19.4. The van der Waals surface area contributed by atoms with Crippen molar-refractivity contribution in [3.05, 3.63) is 30.0 Å². The average molecular weight is 315 g/mol. The first kappa shape index (κ1) is 15.7. The van der Waals surface area contributed by atoms with Crippen LogP contribution in [0.4, 0.5) is 13.2 Å². The number of alkyl halides is 3. The van der Waals surface area contributed by atoms with Gasteiger partial charge in [-0.05, 0) is 24.3 Å². The molecule has 118 valence electrons. The van der Waals surface area contributed by atoms with Crippen molar-refractivity contribution in [2.75, 3.05) is 13.1 Å². The summed E-state index contributed by atoms with van der Waals surface area (Å²) >= 11 is 0. The molecule has 2 rings (SSSR count). The highest BCUT2D eigenvalue weighted by molar-refractivity contribution is 5.98. The highest BCUT2D eigenvalue weighted by Crippen LogP contribution is 2.26. The summed E-state index contributed by atoms with van der Waals surface area (Å²) in [6.45, 7) is 0.508. The fourth-order valence-corrected chi connectivity index (χ4v) is 1.83. The van der Waals surface area contributed by atoms with Crippen LogP contribution in [0.1, 0.15) is 10.5 Å². The number of hydrogen-bond donors (Lipinski definition) is 3. The van der Waals surface area contributed by atoms with Crippen molar-refractivity contribution in [2.24, 2.45) is 0 Å². The molecule has 22 heavy (non-hydrogen) atoms. The normalized spacial score (nSPS) is 11.2. The van der Waals surface area contributed by atoms with E-state index in [0.717, 1.165) is 6.07 Å². The molecule has 0 fully saturated rings. The Balaban J connectivity index is 2.09. The number of hydrogen-bond acceptors (Lipinski definition) is 3. The summed E-state index contributed by atoms with van der Waals surface area (Å²) in [7, 11) is 0. The molecule has 0 unspecified atom stereocenters. The van der Waals surface area contributed by atoms with E-state index in [9.17, 15) is 22.8 Å². The molecule has 0 aliphatic rings. The van der Waals surface area contributed by atoms with Gasteiger partial charge in [0.2, 0.25) is 6.41 Å². The van der Waals surface area contributed by atoms with Crippen LogP contribution in [-0.4, -0.2) is 36.8 Å². The molecule has 6 nitrogen and oxygen atoms in total. The van der Waals surface area contributed by atoms with E-state index in [4.69, 9.17) is 0 Å². The van der Waals surface area contributed by atoms with E-state index >= 15 is 0 Å². The number of benzene rings is 1. The number of ether oxygens (including phenoxy) is 1. The van der Waals surface area contributed by atoms with Crippen molar-refractivity contribution in [3.63, 3.8) is 0 Å². The second-order valence-electron chi connectivity index (χ2n) is 4.31. The number of carbonyl (C=O) groups excluding carboxylic acids is 2. The number of fused-ring (bicyclic) bond motifs is 1. The summed E-state index contributed by atoms with van der Waals surface area (Å²) in [5.41, 5.74) is 0.705. The van der Waals surface area contributed by atoms with Crippen LogP contribution in [0.2, 0.25) is 0 Å². The largest absolute Gasteiger partial charge is 0.573 e. The monoisotopic (exact) mass is 315 g/mol. The van der Waals surface area contributed by atoms with Crippen molar-refractivity contribution in [1.82, 2.24) is 15.6 Å². The third kappa shape index (κ3) is 4.14. The molecule has 0 bridgehead atoms. The number of amides is 2. The van der Waals surface area contributed by atoms with E-state index in [1.54, 1.807) is 0 Å². The zero-order valence-electron chi connectivity index (χ0n) is 11.2. The second-order valence-corrected chi connectivity index (χ2v) is 4.31. The molecule has 0 saturated carbocycles. The SMILES string of the molecule is O=CNCCNC(=O)c1cc2cc(OC(F)(F)F)ccc2[nH]1. The Morgan fingerprint density at radius 1 is 1.27 bits per heavy atom. The average Bonchev–Trinajstić information content (AvgIpc) is 2.84. The lowest BCUT2D eigenvalue weighted by atomic mass is 10.2. The van der Waals surface area contributed by atoms with Crippen molar-refractivity contribution in [3.8, 4) is 5.75 Å². The summed E-state index contributed by atoms with van der Waals surface area (Å²) in [5, 5.41) is 5.34. The van der Waals surface area contributed by atoms with Gasteiger partial charge in [0.05, 0.1) is 0 Å². The highest BCUT2D eigenvalue weighted by Gasteiger charge is 2.31. The zero-order valence-corrected chi connectivity index (χ0v) is 11.2. The van der Waals surface area contributed by atoms with Crippen LogP contribution >= 0.6 is 0 Å². The Kier molecular flexibility index (Phi) is 4.54. The molecule has 2 aromatic rings. The van der Waals surface area contributed by atoms with Gasteiger partial charge in [0.25, 0.3) is 5.91 Å². The van der Waals surface area contributed by atoms with Crippen molar-refractivity contribution >= 4 is 23.2 Å². The van der Waals surface area contributed by atoms with Gasteiger partial charge in [-0.3, -0.25) is 9.59 Å². The van der Waals surface area contributed by atoms with Crippen molar-refractivity contribution < 1.29 is 27.5 Å².